The lowest BCUT2D eigenvalue weighted by molar-refractivity contribution is -0.386. The molecule has 170 valence electrons. The topological polar surface area (TPSA) is 129 Å². The molecular weight excluding hydrogens is 450 g/mol. The molecule has 33 heavy (non-hydrogen) atoms. The van der Waals surface area contributed by atoms with E-state index in [1.54, 1.807) is 55.5 Å². The van der Waals surface area contributed by atoms with Gasteiger partial charge in [0, 0.05) is 5.02 Å². The maximum absolute atomic E-state index is 12.4. The van der Waals surface area contributed by atoms with Crippen molar-refractivity contribution in [3.63, 3.8) is 0 Å². The number of carbonyl (C=O) groups excluding carboxylic acids is 2. The molecule has 1 atom stereocenters. The first-order chi connectivity index (χ1) is 15.7. The minimum Gasteiger partial charge on any atom is -0.423 e. The van der Waals surface area contributed by atoms with Crippen molar-refractivity contribution in [1.29, 1.82) is 0 Å². The second kappa shape index (κ2) is 10.0. The highest BCUT2D eigenvalue weighted by Gasteiger charge is 2.26. The maximum atomic E-state index is 12.4. The number of nitrogens with one attached hydrogen (secondary N) is 1. The summed E-state index contributed by atoms with van der Waals surface area (Å²) in [7, 11) is 0. The second-order valence-corrected chi connectivity index (χ2v) is 7.54. The molecule has 0 saturated heterocycles. The van der Waals surface area contributed by atoms with Gasteiger partial charge in [0.25, 0.3) is 5.91 Å². The number of ether oxygens (including phenoxy) is 1. The van der Waals surface area contributed by atoms with Crippen molar-refractivity contribution >= 4 is 35.4 Å². The van der Waals surface area contributed by atoms with Crippen molar-refractivity contribution in [2.75, 3.05) is 0 Å². The average molecular weight is 470 g/mol. The summed E-state index contributed by atoms with van der Waals surface area (Å²) in [6.45, 7) is 4.60. The van der Waals surface area contributed by atoms with Crippen LogP contribution >= 0.6 is 11.6 Å². The summed E-state index contributed by atoms with van der Waals surface area (Å²) >= 11 is 5.82. The van der Waals surface area contributed by atoms with E-state index in [9.17, 15) is 19.7 Å². The molecule has 2 aromatic carbocycles. The molecule has 1 aromatic heterocycles. The zero-order chi connectivity index (χ0) is 24.1. The smallest absolute Gasteiger partial charge is 0.343 e. The van der Waals surface area contributed by atoms with E-state index in [0.29, 0.717) is 21.9 Å². The van der Waals surface area contributed by atoms with Crippen molar-refractivity contribution in [2.45, 2.75) is 26.8 Å². The number of aromatic nitrogens is 2. The van der Waals surface area contributed by atoms with Gasteiger partial charge in [-0.2, -0.15) is 10.2 Å². The molecule has 10 nitrogen and oxygen atoms in total. The summed E-state index contributed by atoms with van der Waals surface area (Å²) in [4.78, 5) is 35.3. The average Bonchev–Trinajstić information content (AvgIpc) is 3.07. The van der Waals surface area contributed by atoms with Crippen LogP contribution in [0.2, 0.25) is 5.02 Å². The van der Waals surface area contributed by atoms with Crippen molar-refractivity contribution in [3.8, 4) is 5.75 Å². The van der Waals surface area contributed by atoms with Crippen LogP contribution in [0.25, 0.3) is 0 Å². The molecule has 0 spiro atoms. The number of aryl methyl sites for hydroxylation is 1. The van der Waals surface area contributed by atoms with Crippen LogP contribution in [0.1, 0.15) is 40.3 Å². The van der Waals surface area contributed by atoms with Gasteiger partial charge in [-0.3, -0.25) is 19.6 Å². The summed E-state index contributed by atoms with van der Waals surface area (Å²) in [5, 5.41) is 19.7. The van der Waals surface area contributed by atoms with Gasteiger partial charge in [-0.1, -0.05) is 23.7 Å². The number of benzene rings is 2. The summed E-state index contributed by atoms with van der Waals surface area (Å²) in [6, 6.07) is 12.1. The predicted octanol–water partition coefficient (Wildman–Crippen LogP) is 3.99. The number of halogens is 1. The molecule has 0 fully saturated rings. The Kier molecular flexibility index (Phi) is 7.19. The van der Waals surface area contributed by atoms with E-state index >= 15 is 0 Å². The molecule has 3 rings (SSSR count). The molecule has 0 aliphatic rings. The van der Waals surface area contributed by atoms with Crippen LogP contribution in [0.3, 0.4) is 0 Å². The molecular formula is C22H20ClN5O5. The van der Waals surface area contributed by atoms with Gasteiger partial charge < -0.3 is 4.74 Å². The Morgan fingerprint density at radius 2 is 1.94 bits per heavy atom. The van der Waals surface area contributed by atoms with Crippen LogP contribution < -0.4 is 10.2 Å². The van der Waals surface area contributed by atoms with Gasteiger partial charge in [-0.25, -0.2) is 10.2 Å². The summed E-state index contributed by atoms with van der Waals surface area (Å²) < 4.78 is 6.64. The molecule has 0 aliphatic heterocycles. The van der Waals surface area contributed by atoms with Crippen molar-refractivity contribution < 1.29 is 19.2 Å². The lowest BCUT2D eigenvalue weighted by Gasteiger charge is -2.11. The minimum absolute atomic E-state index is 0.122. The first-order valence-corrected chi connectivity index (χ1v) is 10.2. The monoisotopic (exact) mass is 469 g/mol. The van der Waals surface area contributed by atoms with Crippen LogP contribution in [-0.2, 0) is 4.79 Å². The standard InChI is InChI=1S/C22H20ClN5O5/c1-13-20(28(31)32)14(2)27(26-13)15(3)21(29)25-24-12-16-5-4-6-19(11-16)33-22(30)17-7-9-18(23)10-8-17/h4-12,15H,1-3H3,(H,25,29)/b24-12+. The minimum atomic E-state index is -0.818. The van der Waals surface area contributed by atoms with E-state index in [-0.39, 0.29) is 17.1 Å². The highest BCUT2D eigenvalue weighted by molar-refractivity contribution is 6.30. The van der Waals surface area contributed by atoms with Gasteiger partial charge in [-0.05, 0) is 62.7 Å². The van der Waals surface area contributed by atoms with Crippen LogP contribution in [0.15, 0.2) is 53.6 Å². The molecule has 3 aromatic rings. The number of hydrogen-bond acceptors (Lipinski definition) is 7. The number of esters is 1. The lowest BCUT2D eigenvalue weighted by atomic mass is 10.2. The fourth-order valence-corrected chi connectivity index (χ4v) is 3.21. The third kappa shape index (κ3) is 5.60. The highest BCUT2D eigenvalue weighted by Crippen LogP contribution is 2.24. The van der Waals surface area contributed by atoms with Gasteiger partial charge in [0.15, 0.2) is 0 Å². The van der Waals surface area contributed by atoms with E-state index in [1.165, 1.54) is 24.7 Å². The van der Waals surface area contributed by atoms with Gasteiger partial charge in [0.1, 0.15) is 23.2 Å². The fourth-order valence-electron chi connectivity index (χ4n) is 3.08. The van der Waals surface area contributed by atoms with Gasteiger partial charge in [0.05, 0.1) is 16.7 Å². The zero-order valence-electron chi connectivity index (χ0n) is 18.0. The SMILES string of the molecule is Cc1nn(C(C)C(=O)N/N=C/c2cccc(OC(=O)c3ccc(Cl)cc3)c2)c(C)c1[N+](=O)[O-]. The van der Waals surface area contributed by atoms with E-state index in [1.807, 2.05) is 0 Å². The molecule has 1 N–H and O–H groups in total. The Labute approximate surface area is 194 Å². The third-order valence-electron chi connectivity index (χ3n) is 4.75. The Hall–Kier alpha value is -4.05. The zero-order valence-corrected chi connectivity index (χ0v) is 18.7. The molecule has 0 bridgehead atoms. The van der Waals surface area contributed by atoms with Crippen LogP contribution in [0.5, 0.6) is 5.75 Å². The molecule has 0 aliphatic carbocycles. The number of hydrogen-bond donors (Lipinski definition) is 1. The molecule has 11 heteroatoms. The summed E-state index contributed by atoms with van der Waals surface area (Å²) in [6.07, 6.45) is 1.38. The largest absolute Gasteiger partial charge is 0.423 e. The molecule has 1 amide bonds. The number of amides is 1. The van der Waals surface area contributed by atoms with E-state index in [0.717, 1.165) is 0 Å². The summed E-state index contributed by atoms with van der Waals surface area (Å²) in [5.74, 6) is -0.743. The van der Waals surface area contributed by atoms with Crippen molar-refractivity contribution in [2.24, 2.45) is 5.10 Å². The quantitative estimate of drug-likeness (QED) is 0.183. The number of hydrazone groups is 1. The Morgan fingerprint density at radius 3 is 2.58 bits per heavy atom. The van der Waals surface area contributed by atoms with Crippen LogP contribution in [0, 0.1) is 24.0 Å². The fraction of sp³-hybridized carbons (Fsp3) is 0.182. The number of carbonyl (C=O) groups is 2. The first-order valence-electron chi connectivity index (χ1n) is 9.78. The van der Waals surface area contributed by atoms with Gasteiger partial charge >= 0.3 is 11.7 Å². The van der Waals surface area contributed by atoms with E-state index in [2.05, 4.69) is 15.6 Å². The predicted molar refractivity (Wildman–Crippen MR) is 122 cm³/mol. The molecule has 1 heterocycles. The summed E-state index contributed by atoms with van der Waals surface area (Å²) in [5.41, 5.74) is 3.69. The second-order valence-electron chi connectivity index (χ2n) is 7.10. The van der Waals surface area contributed by atoms with Gasteiger partial charge in [0.2, 0.25) is 0 Å². The number of rotatable bonds is 7. The number of nitrogens with zero attached hydrogens (tertiary/aromatic N) is 4. The van der Waals surface area contributed by atoms with Crippen LogP contribution in [0.4, 0.5) is 5.69 Å². The normalized spacial score (nSPS) is 11.9. The van der Waals surface area contributed by atoms with Crippen molar-refractivity contribution in [1.82, 2.24) is 15.2 Å². The molecule has 1 unspecified atom stereocenters. The Morgan fingerprint density at radius 1 is 1.24 bits per heavy atom. The van der Waals surface area contributed by atoms with Crippen LogP contribution in [-0.4, -0.2) is 32.8 Å². The third-order valence-corrected chi connectivity index (χ3v) is 5.00. The number of nitro groups is 1. The van der Waals surface area contributed by atoms with E-state index < -0.39 is 22.8 Å². The molecule has 0 radical (unpaired) electrons. The Bertz CT molecular complexity index is 1240. The maximum Gasteiger partial charge on any atom is 0.343 e. The lowest BCUT2D eigenvalue weighted by Crippen LogP contribution is -2.28. The van der Waals surface area contributed by atoms with E-state index in [4.69, 9.17) is 16.3 Å². The van der Waals surface area contributed by atoms with Crippen molar-refractivity contribution in [3.05, 3.63) is 86.2 Å². The first kappa shape index (κ1) is 23.6. The molecule has 0 saturated carbocycles. The Balaban J connectivity index is 1.64. The van der Waals surface area contributed by atoms with Gasteiger partial charge in [-0.15, -0.1) is 0 Å². The highest BCUT2D eigenvalue weighted by atomic mass is 35.5.